The van der Waals surface area contributed by atoms with E-state index in [4.69, 9.17) is 0 Å². The Hall–Kier alpha value is -0.470. The molecule has 2 aliphatic rings. The smallest absolute Gasteiger partial charge is 0.0444 e. The fraction of sp³-hybridized carbons (Fsp3) is 0.684. The number of hydrogen-bond acceptors (Lipinski definition) is 2. The van der Waals surface area contributed by atoms with Crippen molar-refractivity contribution in [2.24, 2.45) is 16.7 Å². The van der Waals surface area contributed by atoms with Crippen molar-refractivity contribution in [1.82, 2.24) is 0 Å². The Kier molecular flexibility index (Phi) is 3.90. The number of aliphatic hydroxyl groups is 1. The molecule has 0 amide bonds. The molecule has 0 radical (unpaired) electrons. The highest BCUT2D eigenvalue weighted by Crippen LogP contribution is 2.73. The molecule has 1 N–H and O–H groups in total. The zero-order valence-electron chi connectivity index (χ0n) is 13.6. The molecule has 0 aliphatic heterocycles. The first-order valence-corrected chi connectivity index (χ1v) is 9.22. The molecule has 1 aromatic rings. The van der Waals surface area contributed by atoms with E-state index < -0.39 is 0 Å². The Labute approximate surface area is 133 Å². The van der Waals surface area contributed by atoms with Crippen LogP contribution in [0.4, 0.5) is 0 Å². The van der Waals surface area contributed by atoms with Gasteiger partial charge in [0.2, 0.25) is 0 Å². The van der Waals surface area contributed by atoms with Crippen molar-refractivity contribution in [3.05, 3.63) is 35.9 Å². The van der Waals surface area contributed by atoms with E-state index in [1.165, 1.54) is 24.8 Å². The highest BCUT2D eigenvalue weighted by Gasteiger charge is 2.68. The summed E-state index contributed by atoms with van der Waals surface area (Å²) < 4.78 is 0.216. The van der Waals surface area contributed by atoms with Gasteiger partial charge in [-0.2, -0.15) is 0 Å². The topological polar surface area (TPSA) is 20.2 Å². The van der Waals surface area contributed by atoms with Crippen molar-refractivity contribution < 1.29 is 5.11 Å². The molecule has 2 heteroatoms. The summed E-state index contributed by atoms with van der Waals surface area (Å²) >= 11 is 2.12. The Bertz CT molecular complexity index is 491. The monoisotopic (exact) mass is 304 g/mol. The lowest BCUT2D eigenvalue weighted by Crippen LogP contribution is -2.52. The molecular formula is C19H28OS. The summed E-state index contributed by atoms with van der Waals surface area (Å²) in [6.07, 6.45) is 5.00. The second kappa shape index (κ2) is 5.31. The summed E-state index contributed by atoms with van der Waals surface area (Å²) in [5, 5.41) is 9.75. The first-order valence-electron chi connectivity index (χ1n) is 8.24. The zero-order valence-corrected chi connectivity index (χ0v) is 14.4. The molecule has 1 aromatic carbocycles. The molecule has 3 rings (SSSR count). The Morgan fingerprint density at radius 2 is 1.90 bits per heavy atom. The predicted molar refractivity (Wildman–Crippen MR) is 91.4 cm³/mol. The van der Waals surface area contributed by atoms with Gasteiger partial charge in [-0.3, -0.25) is 0 Å². The third kappa shape index (κ3) is 2.17. The number of aliphatic hydroxyl groups excluding tert-OH is 1. The van der Waals surface area contributed by atoms with Gasteiger partial charge in [0, 0.05) is 17.1 Å². The minimum absolute atomic E-state index is 0.216. The third-order valence-corrected chi connectivity index (χ3v) is 8.76. The molecule has 2 fully saturated rings. The van der Waals surface area contributed by atoms with Crippen molar-refractivity contribution in [3.8, 4) is 0 Å². The molecule has 3 unspecified atom stereocenters. The predicted octanol–water partition coefficient (Wildman–Crippen LogP) is 4.89. The molecule has 0 heterocycles. The first-order chi connectivity index (χ1) is 9.95. The van der Waals surface area contributed by atoms with Crippen LogP contribution in [0.25, 0.3) is 0 Å². The number of benzene rings is 1. The SMILES string of the molecule is CC12CCC(C1)C(C)(C)C2(CCO)SCc1ccccc1. The molecule has 2 saturated carbocycles. The molecule has 0 spiro atoms. The minimum Gasteiger partial charge on any atom is -0.396 e. The standard InChI is InChI=1S/C19H28OS/c1-17(2)16-9-10-18(3,13-16)19(17,11-12-20)21-14-15-7-5-4-6-8-15/h4-8,16,20H,9-14H2,1-3H3. The van der Waals surface area contributed by atoms with Crippen LogP contribution in [0.15, 0.2) is 30.3 Å². The summed E-state index contributed by atoms with van der Waals surface area (Å²) in [4.78, 5) is 0. The van der Waals surface area contributed by atoms with Gasteiger partial charge in [0.1, 0.15) is 0 Å². The van der Waals surface area contributed by atoms with E-state index in [9.17, 15) is 5.11 Å². The lowest BCUT2D eigenvalue weighted by Gasteiger charge is -2.54. The zero-order chi connectivity index (χ0) is 15.1. The molecule has 2 bridgehead atoms. The Balaban J connectivity index is 1.89. The van der Waals surface area contributed by atoms with E-state index in [1.54, 1.807) is 0 Å². The maximum Gasteiger partial charge on any atom is 0.0444 e. The molecule has 2 aliphatic carbocycles. The van der Waals surface area contributed by atoms with Gasteiger partial charge in [-0.1, -0.05) is 51.1 Å². The van der Waals surface area contributed by atoms with Crippen LogP contribution in [-0.2, 0) is 5.75 Å². The van der Waals surface area contributed by atoms with Crippen LogP contribution < -0.4 is 0 Å². The third-order valence-electron chi connectivity index (χ3n) is 6.57. The van der Waals surface area contributed by atoms with Gasteiger partial charge in [0.15, 0.2) is 0 Å². The fourth-order valence-corrected chi connectivity index (χ4v) is 7.24. The van der Waals surface area contributed by atoms with Crippen LogP contribution in [-0.4, -0.2) is 16.5 Å². The summed E-state index contributed by atoms with van der Waals surface area (Å²) in [7, 11) is 0. The first kappa shape index (κ1) is 15.4. The minimum atomic E-state index is 0.216. The van der Waals surface area contributed by atoms with Crippen molar-refractivity contribution in [1.29, 1.82) is 0 Å². The van der Waals surface area contributed by atoms with Crippen molar-refractivity contribution in [2.75, 3.05) is 6.61 Å². The molecule has 0 saturated heterocycles. The molecule has 1 nitrogen and oxygen atoms in total. The van der Waals surface area contributed by atoms with E-state index in [0.717, 1.165) is 18.1 Å². The Morgan fingerprint density at radius 1 is 1.19 bits per heavy atom. The second-order valence-electron chi connectivity index (χ2n) is 7.80. The van der Waals surface area contributed by atoms with Gasteiger partial charge in [-0.15, -0.1) is 11.8 Å². The quantitative estimate of drug-likeness (QED) is 0.836. The molecule has 116 valence electrons. The van der Waals surface area contributed by atoms with E-state index in [-0.39, 0.29) is 4.75 Å². The summed E-state index contributed by atoms with van der Waals surface area (Å²) in [6, 6.07) is 10.8. The molecule has 0 aromatic heterocycles. The maximum atomic E-state index is 9.75. The fourth-order valence-electron chi connectivity index (χ4n) is 5.33. The van der Waals surface area contributed by atoms with Gasteiger partial charge in [-0.25, -0.2) is 0 Å². The van der Waals surface area contributed by atoms with E-state index >= 15 is 0 Å². The number of thioether (sulfide) groups is 1. The average Bonchev–Trinajstić information content (AvgIpc) is 2.94. The van der Waals surface area contributed by atoms with Crippen LogP contribution in [0.2, 0.25) is 0 Å². The van der Waals surface area contributed by atoms with Crippen LogP contribution in [0.1, 0.15) is 52.0 Å². The lowest BCUT2D eigenvalue weighted by atomic mass is 9.62. The van der Waals surface area contributed by atoms with E-state index in [0.29, 0.717) is 17.4 Å². The number of hydrogen-bond donors (Lipinski definition) is 1. The summed E-state index contributed by atoms with van der Waals surface area (Å²) in [6.45, 7) is 7.70. The number of rotatable bonds is 5. The molecular weight excluding hydrogens is 276 g/mol. The van der Waals surface area contributed by atoms with Gasteiger partial charge in [-0.05, 0) is 48.0 Å². The van der Waals surface area contributed by atoms with E-state index in [1.807, 2.05) is 0 Å². The maximum absolute atomic E-state index is 9.75. The van der Waals surface area contributed by atoms with Crippen LogP contribution in [0, 0.1) is 16.7 Å². The molecule has 3 atom stereocenters. The largest absolute Gasteiger partial charge is 0.396 e. The van der Waals surface area contributed by atoms with E-state index in [2.05, 4.69) is 62.9 Å². The van der Waals surface area contributed by atoms with Gasteiger partial charge in [0.25, 0.3) is 0 Å². The van der Waals surface area contributed by atoms with Crippen LogP contribution in [0.3, 0.4) is 0 Å². The highest BCUT2D eigenvalue weighted by molar-refractivity contribution is 8.00. The van der Waals surface area contributed by atoms with Gasteiger partial charge < -0.3 is 5.11 Å². The second-order valence-corrected chi connectivity index (χ2v) is 9.07. The Morgan fingerprint density at radius 3 is 2.48 bits per heavy atom. The van der Waals surface area contributed by atoms with Crippen molar-refractivity contribution >= 4 is 11.8 Å². The average molecular weight is 304 g/mol. The number of fused-ring (bicyclic) bond motifs is 2. The normalized spacial score (nSPS) is 37.0. The van der Waals surface area contributed by atoms with Crippen molar-refractivity contribution in [2.45, 2.75) is 57.0 Å². The highest BCUT2D eigenvalue weighted by atomic mass is 32.2. The summed E-state index contributed by atoms with van der Waals surface area (Å²) in [5.74, 6) is 1.89. The summed E-state index contributed by atoms with van der Waals surface area (Å²) in [5.41, 5.74) is 2.12. The van der Waals surface area contributed by atoms with Crippen LogP contribution in [0.5, 0.6) is 0 Å². The van der Waals surface area contributed by atoms with Crippen molar-refractivity contribution in [3.63, 3.8) is 0 Å². The van der Waals surface area contributed by atoms with Gasteiger partial charge in [0.05, 0.1) is 0 Å². The molecule has 21 heavy (non-hydrogen) atoms. The van der Waals surface area contributed by atoms with Gasteiger partial charge >= 0.3 is 0 Å². The van der Waals surface area contributed by atoms with Crippen LogP contribution >= 0.6 is 11.8 Å². The lowest BCUT2D eigenvalue weighted by molar-refractivity contribution is 0.0832.